The van der Waals surface area contributed by atoms with Gasteiger partial charge in [0.05, 0.1) is 0 Å². The number of hydrogen-bond donors (Lipinski definition) is 1. The molecule has 88 valence electrons. The van der Waals surface area contributed by atoms with Crippen molar-refractivity contribution in [2.75, 3.05) is 13.1 Å². The van der Waals surface area contributed by atoms with Crippen LogP contribution in [0.5, 0.6) is 0 Å². The third-order valence-corrected chi connectivity index (χ3v) is 5.97. The van der Waals surface area contributed by atoms with Crippen molar-refractivity contribution in [2.45, 2.75) is 31.1 Å². The molecule has 1 aromatic carbocycles. The van der Waals surface area contributed by atoms with Gasteiger partial charge in [0.25, 0.3) is 0 Å². The summed E-state index contributed by atoms with van der Waals surface area (Å²) in [5.41, 5.74) is 2.15. The van der Waals surface area contributed by atoms with E-state index in [0.29, 0.717) is 5.41 Å². The number of benzene rings is 1. The standard InChI is InChI=1S/C15H17NS/c1-2-6-13-11(4-1)12-5-3-7-15(14(12)17-13)8-9-16-10-15/h1-2,4,6,16H,3,5,7-10H2. The van der Waals surface area contributed by atoms with E-state index in [1.807, 2.05) is 0 Å². The van der Waals surface area contributed by atoms with Crippen LogP contribution in [0.25, 0.3) is 10.1 Å². The second-order valence-electron chi connectivity index (χ2n) is 5.47. The van der Waals surface area contributed by atoms with Crippen molar-refractivity contribution in [1.29, 1.82) is 0 Å². The van der Waals surface area contributed by atoms with E-state index in [4.69, 9.17) is 0 Å². The maximum Gasteiger partial charge on any atom is 0.0348 e. The van der Waals surface area contributed by atoms with Crippen molar-refractivity contribution < 1.29 is 0 Å². The van der Waals surface area contributed by atoms with Crippen molar-refractivity contribution in [3.8, 4) is 0 Å². The van der Waals surface area contributed by atoms with Crippen LogP contribution < -0.4 is 5.32 Å². The number of fused-ring (bicyclic) bond motifs is 4. The molecule has 0 radical (unpaired) electrons. The van der Waals surface area contributed by atoms with Gasteiger partial charge in [-0.3, -0.25) is 0 Å². The summed E-state index contributed by atoms with van der Waals surface area (Å²) in [4.78, 5) is 1.70. The van der Waals surface area contributed by atoms with Crippen LogP contribution in [-0.4, -0.2) is 13.1 Å². The molecule has 1 aromatic heterocycles. The lowest BCUT2D eigenvalue weighted by Gasteiger charge is -2.32. The van der Waals surface area contributed by atoms with Crippen molar-refractivity contribution in [3.05, 3.63) is 34.7 Å². The van der Waals surface area contributed by atoms with Gasteiger partial charge in [0, 0.05) is 21.5 Å². The summed E-state index contributed by atoms with van der Waals surface area (Å²) < 4.78 is 1.49. The Morgan fingerprint density at radius 1 is 1.18 bits per heavy atom. The molecule has 1 fully saturated rings. The molecule has 1 aliphatic carbocycles. The highest BCUT2D eigenvalue weighted by molar-refractivity contribution is 7.19. The summed E-state index contributed by atoms with van der Waals surface area (Å²) in [5, 5.41) is 5.10. The van der Waals surface area contributed by atoms with Crippen LogP contribution in [0.4, 0.5) is 0 Å². The fourth-order valence-electron chi connectivity index (χ4n) is 3.64. The van der Waals surface area contributed by atoms with Crippen LogP contribution in [0, 0.1) is 0 Å². The van der Waals surface area contributed by atoms with Crippen molar-refractivity contribution in [2.24, 2.45) is 0 Å². The molecule has 1 spiro atoms. The molecule has 0 bridgehead atoms. The maximum atomic E-state index is 3.57. The van der Waals surface area contributed by atoms with Gasteiger partial charge in [0.1, 0.15) is 0 Å². The molecule has 2 aromatic rings. The quantitative estimate of drug-likeness (QED) is 0.747. The molecule has 1 nitrogen and oxygen atoms in total. The second-order valence-corrected chi connectivity index (χ2v) is 6.52. The molecule has 1 atom stereocenters. The monoisotopic (exact) mass is 243 g/mol. The molecule has 1 unspecified atom stereocenters. The third-order valence-electron chi connectivity index (χ3n) is 4.51. The second kappa shape index (κ2) is 3.56. The minimum Gasteiger partial charge on any atom is -0.316 e. The molecular formula is C15H17NS. The van der Waals surface area contributed by atoms with Gasteiger partial charge in [-0.1, -0.05) is 18.2 Å². The lowest BCUT2D eigenvalue weighted by molar-refractivity contribution is 0.403. The summed E-state index contributed by atoms with van der Waals surface area (Å²) in [7, 11) is 0. The molecule has 1 saturated heterocycles. The summed E-state index contributed by atoms with van der Waals surface area (Å²) in [6.45, 7) is 2.40. The Hall–Kier alpha value is -0.860. The Balaban J connectivity index is 1.99. The molecule has 1 N–H and O–H groups in total. The van der Waals surface area contributed by atoms with E-state index in [1.54, 1.807) is 10.4 Å². The average Bonchev–Trinajstić information content (AvgIpc) is 2.96. The number of aryl methyl sites for hydroxylation is 1. The minimum atomic E-state index is 0.483. The Bertz CT molecular complexity index is 563. The maximum absolute atomic E-state index is 3.57. The van der Waals surface area contributed by atoms with Crippen LogP contribution in [0.3, 0.4) is 0 Å². The van der Waals surface area contributed by atoms with E-state index in [0.717, 1.165) is 0 Å². The Morgan fingerprint density at radius 2 is 2.12 bits per heavy atom. The van der Waals surface area contributed by atoms with Gasteiger partial charge >= 0.3 is 0 Å². The summed E-state index contributed by atoms with van der Waals surface area (Å²) in [5.74, 6) is 0. The molecule has 2 aliphatic rings. The SMILES string of the molecule is c1ccc2c3c(sc2c1)C1(CCC3)CCNC1. The van der Waals surface area contributed by atoms with E-state index in [2.05, 4.69) is 40.9 Å². The minimum absolute atomic E-state index is 0.483. The highest BCUT2D eigenvalue weighted by Crippen LogP contribution is 2.48. The molecule has 17 heavy (non-hydrogen) atoms. The Labute approximate surface area is 106 Å². The highest BCUT2D eigenvalue weighted by atomic mass is 32.1. The molecular weight excluding hydrogens is 226 g/mol. The first kappa shape index (κ1) is 10.1. The summed E-state index contributed by atoms with van der Waals surface area (Å²) in [6.07, 6.45) is 5.39. The van der Waals surface area contributed by atoms with E-state index in [9.17, 15) is 0 Å². The van der Waals surface area contributed by atoms with Crippen molar-refractivity contribution in [3.63, 3.8) is 0 Å². The van der Waals surface area contributed by atoms with E-state index < -0.39 is 0 Å². The molecule has 4 rings (SSSR count). The number of hydrogen-bond acceptors (Lipinski definition) is 2. The predicted molar refractivity (Wildman–Crippen MR) is 73.9 cm³/mol. The van der Waals surface area contributed by atoms with E-state index in [1.165, 1.54) is 48.9 Å². The topological polar surface area (TPSA) is 12.0 Å². The largest absolute Gasteiger partial charge is 0.316 e. The zero-order valence-corrected chi connectivity index (χ0v) is 10.8. The van der Waals surface area contributed by atoms with Gasteiger partial charge in [-0.05, 0) is 49.2 Å². The van der Waals surface area contributed by atoms with Gasteiger partial charge < -0.3 is 5.32 Å². The van der Waals surface area contributed by atoms with Gasteiger partial charge in [0.2, 0.25) is 0 Å². The molecule has 0 saturated carbocycles. The highest BCUT2D eigenvalue weighted by Gasteiger charge is 2.40. The first-order chi connectivity index (χ1) is 8.39. The van der Waals surface area contributed by atoms with E-state index >= 15 is 0 Å². The molecule has 1 aliphatic heterocycles. The van der Waals surface area contributed by atoms with Crippen LogP contribution >= 0.6 is 11.3 Å². The summed E-state index contributed by atoms with van der Waals surface area (Å²) in [6, 6.07) is 8.95. The van der Waals surface area contributed by atoms with E-state index in [-0.39, 0.29) is 0 Å². The van der Waals surface area contributed by atoms with Crippen LogP contribution in [-0.2, 0) is 11.8 Å². The lowest BCUT2D eigenvalue weighted by atomic mass is 9.74. The van der Waals surface area contributed by atoms with Gasteiger partial charge in [0.15, 0.2) is 0 Å². The van der Waals surface area contributed by atoms with Gasteiger partial charge in [-0.25, -0.2) is 0 Å². The fraction of sp³-hybridized carbons (Fsp3) is 0.467. The van der Waals surface area contributed by atoms with Crippen LogP contribution in [0.2, 0.25) is 0 Å². The lowest BCUT2D eigenvalue weighted by Crippen LogP contribution is -2.31. The number of nitrogens with one attached hydrogen (secondary N) is 1. The van der Waals surface area contributed by atoms with Crippen LogP contribution in [0.1, 0.15) is 29.7 Å². The first-order valence-corrected chi connectivity index (χ1v) is 7.42. The van der Waals surface area contributed by atoms with Gasteiger partial charge in [-0.15, -0.1) is 11.3 Å². The third kappa shape index (κ3) is 1.34. The van der Waals surface area contributed by atoms with Crippen molar-refractivity contribution >= 4 is 21.4 Å². The molecule has 2 heterocycles. The number of thiophene rings is 1. The molecule has 2 heteroatoms. The molecule has 0 amide bonds. The predicted octanol–water partition coefficient (Wildman–Crippen LogP) is 3.47. The number of rotatable bonds is 0. The normalized spacial score (nSPS) is 27.8. The van der Waals surface area contributed by atoms with Gasteiger partial charge in [-0.2, -0.15) is 0 Å². The average molecular weight is 243 g/mol. The fourth-order valence-corrected chi connectivity index (χ4v) is 5.14. The zero-order valence-electron chi connectivity index (χ0n) is 9.96. The Kier molecular flexibility index (Phi) is 2.12. The Morgan fingerprint density at radius 3 is 3.00 bits per heavy atom. The first-order valence-electron chi connectivity index (χ1n) is 6.61. The zero-order chi connectivity index (χ0) is 11.3. The van der Waals surface area contributed by atoms with Crippen LogP contribution in [0.15, 0.2) is 24.3 Å². The smallest absolute Gasteiger partial charge is 0.0348 e. The van der Waals surface area contributed by atoms with Crippen molar-refractivity contribution in [1.82, 2.24) is 5.32 Å². The summed E-state index contributed by atoms with van der Waals surface area (Å²) >= 11 is 2.06.